The van der Waals surface area contributed by atoms with Gasteiger partial charge in [0, 0.05) is 6.07 Å². The number of aryl methyl sites for hydroxylation is 1. The summed E-state index contributed by atoms with van der Waals surface area (Å²) in [5, 5.41) is 10.9. The summed E-state index contributed by atoms with van der Waals surface area (Å²) in [6.07, 6.45) is -5.02. The van der Waals surface area contributed by atoms with Gasteiger partial charge in [0.05, 0.1) is 40.2 Å². The maximum atomic E-state index is 13.3. The van der Waals surface area contributed by atoms with Crippen LogP contribution in [0.1, 0.15) is 21.5 Å². The Morgan fingerprint density at radius 1 is 1.03 bits per heavy atom. The molecule has 0 aliphatic rings. The summed E-state index contributed by atoms with van der Waals surface area (Å²) in [5.74, 6) is -1.47. The number of carbonyl (C=O) groups excluding carboxylic acids is 1. The Morgan fingerprint density at radius 3 is 2.17 bits per heavy atom. The number of esters is 1. The van der Waals surface area contributed by atoms with Crippen molar-refractivity contribution in [2.45, 2.75) is 13.1 Å². The summed E-state index contributed by atoms with van der Waals surface area (Å²) < 4.78 is 74.8. The maximum Gasteiger partial charge on any atom is 0.423 e. The first kappa shape index (κ1) is 25.6. The van der Waals surface area contributed by atoms with E-state index in [1.807, 2.05) is 0 Å². The van der Waals surface area contributed by atoms with Gasteiger partial charge in [0.2, 0.25) is 0 Å². The van der Waals surface area contributed by atoms with Crippen LogP contribution < -0.4 is 9.04 Å². The largest absolute Gasteiger partial charge is 0.755 e. The number of hydrogen-bond donors (Lipinski definition) is 0. The lowest BCUT2D eigenvalue weighted by Gasteiger charge is -2.28. The molecule has 9 nitrogen and oxygen atoms in total. The molecule has 184 valence electrons. The normalized spacial score (nSPS) is 12.1. The van der Waals surface area contributed by atoms with Crippen molar-refractivity contribution < 1.29 is 41.1 Å². The Hall–Kier alpha value is -3.97. The molecule has 0 amide bonds. The first-order valence-corrected chi connectivity index (χ1v) is 10.7. The van der Waals surface area contributed by atoms with E-state index in [4.69, 9.17) is 9.47 Å². The molecule has 0 N–H and O–H groups in total. The van der Waals surface area contributed by atoms with Crippen molar-refractivity contribution in [3.63, 3.8) is 0 Å². The number of halogens is 3. The molecule has 3 aromatic carbocycles. The van der Waals surface area contributed by atoms with E-state index < -0.39 is 45.3 Å². The number of nitro groups is 1. The van der Waals surface area contributed by atoms with Crippen molar-refractivity contribution in [3.8, 4) is 11.5 Å². The molecule has 0 fully saturated rings. The van der Waals surface area contributed by atoms with Crippen LogP contribution in [-0.2, 0) is 22.2 Å². The number of carbonyl (C=O) groups is 1. The molecule has 0 radical (unpaired) electrons. The second-order valence-corrected chi connectivity index (χ2v) is 7.85. The third-order valence-electron chi connectivity index (χ3n) is 4.72. The molecule has 0 saturated carbocycles. The Labute approximate surface area is 199 Å². The van der Waals surface area contributed by atoms with Crippen LogP contribution in [0.4, 0.5) is 30.2 Å². The fourth-order valence-corrected chi connectivity index (χ4v) is 3.73. The molecule has 0 spiro atoms. The predicted octanol–water partition coefficient (Wildman–Crippen LogP) is 5.43. The lowest BCUT2D eigenvalue weighted by molar-refractivity contribution is -0.388. The quantitative estimate of drug-likeness (QED) is 0.180. The van der Waals surface area contributed by atoms with E-state index in [2.05, 4.69) is 0 Å². The van der Waals surface area contributed by atoms with Crippen LogP contribution in [-0.4, -0.2) is 26.8 Å². The van der Waals surface area contributed by atoms with E-state index in [0.717, 1.165) is 29.1 Å². The molecule has 0 heterocycles. The van der Waals surface area contributed by atoms with Crippen molar-refractivity contribution in [3.05, 3.63) is 87.5 Å². The molecular formula is C22H16F3N2O7S-. The molecule has 35 heavy (non-hydrogen) atoms. The van der Waals surface area contributed by atoms with Crippen molar-refractivity contribution in [2.24, 2.45) is 0 Å². The van der Waals surface area contributed by atoms with Crippen LogP contribution in [0.2, 0.25) is 0 Å². The van der Waals surface area contributed by atoms with Crippen molar-refractivity contribution >= 4 is 34.3 Å². The number of benzene rings is 3. The van der Waals surface area contributed by atoms with Gasteiger partial charge >= 0.3 is 12.1 Å². The topological polar surface area (TPSA) is 122 Å². The van der Waals surface area contributed by atoms with Gasteiger partial charge in [-0.2, -0.15) is 13.2 Å². The first-order chi connectivity index (χ1) is 16.4. The van der Waals surface area contributed by atoms with Crippen LogP contribution in [0.25, 0.3) is 0 Å². The highest BCUT2D eigenvalue weighted by molar-refractivity contribution is 7.81. The first-order valence-electron chi connectivity index (χ1n) is 9.64. The highest BCUT2D eigenvalue weighted by Gasteiger charge is 2.38. The molecule has 0 saturated heterocycles. The van der Waals surface area contributed by atoms with Gasteiger partial charge in [-0.05, 0) is 49.4 Å². The number of nitro benzene ring substituents is 1. The van der Waals surface area contributed by atoms with Crippen molar-refractivity contribution in [1.82, 2.24) is 0 Å². The summed E-state index contributed by atoms with van der Waals surface area (Å²) in [4.78, 5) is 22.2. The van der Waals surface area contributed by atoms with Gasteiger partial charge < -0.3 is 14.0 Å². The number of rotatable bonds is 7. The van der Waals surface area contributed by atoms with Crippen LogP contribution in [0.3, 0.4) is 0 Å². The second kappa shape index (κ2) is 10.1. The SMILES string of the molecule is COC(=O)c1cc(Oc2ccc([N+](=O)[O-])c(C(F)(F)F)c2)ccc1N(c1ccc(C)cc1)S(=O)[O-]. The lowest BCUT2D eigenvalue weighted by Crippen LogP contribution is -2.22. The van der Waals surface area contributed by atoms with Crippen molar-refractivity contribution in [1.29, 1.82) is 0 Å². The average molecular weight is 509 g/mol. The second-order valence-electron chi connectivity index (χ2n) is 7.05. The zero-order chi connectivity index (χ0) is 25.9. The zero-order valence-corrected chi connectivity index (χ0v) is 18.9. The summed E-state index contributed by atoms with van der Waals surface area (Å²) in [6, 6.07) is 12.0. The third kappa shape index (κ3) is 5.75. The van der Waals surface area contributed by atoms with Gasteiger partial charge in [0.15, 0.2) is 0 Å². The Kier molecular flexibility index (Phi) is 7.41. The minimum Gasteiger partial charge on any atom is -0.755 e. The minimum atomic E-state index is -5.02. The molecule has 0 aromatic heterocycles. The predicted molar refractivity (Wildman–Crippen MR) is 118 cm³/mol. The Morgan fingerprint density at radius 2 is 1.63 bits per heavy atom. The van der Waals surface area contributed by atoms with Crippen LogP contribution in [0.15, 0.2) is 60.7 Å². The number of anilines is 2. The van der Waals surface area contributed by atoms with E-state index in [9.17, 15) is 36.8 Å². The van der Waals surface area contributed by atoms with E-state index in [-0.39, 0.29) is 22.7 Å². The number of alkyl halides is 3. The van der Waals surface area contributed by atoms with Gasteiger partial charge in [0.25, 0.3) is 5.69 Å². The van der Waals surface area contributed by atoms with Crippen LogP contribution in [0.5, 0.6) is 11.5 Å². The summed E-state index contributed by atoms with van der Waals surface area (Å²) in [5.41, 5.74) is -1.94. The fourth-order valence-electron chi connectivity index (χ4n) is 3.12. The number of hydrogen-bond acceptors (Lipinski definition) is 7. The Bertz CT molecular complexity index is 1300. The molecule has 1 atom stereocenters. The molecule has 3 aromatic rings. The zero-order valence-electron chi connectivity index (χ0n) is 18.1. The minimum absolute atomic E-state index is 0.0962. The molecule has 0 aliphatic heterocycles. The molecule has 0 bridgehead atoms. The smallest absolute Gasteiger partial charge is 0.423 e. The monoisotopic (exact) mass is 509 g/mol. The fraction of sp³-hybridized carbons (Fsp3) is 0.136. The number of nitrogens with zero attached hydrogens (tertiary/aromatic N) is 2. The van der Waals surface area contributed by atoms with E-state index in [1.54, 1.807) is 19.1 Å². The maximum absolute atomic E-state index is 13.3. The van der Waals surface area contributed by atoms with Gasteiger partial charge in [-0.25, -0.2) is 4.79 Å². The highest BCUT2D eigenvalue weighted by Crippen LogP contribution is 2.40. The van der Waals surface area contributed by atoms with Crippen molar-refractivity contribution in [2.75, 3.05) is 11.4 Å². The number of ether oxygens (including phenoxy) is 2. The highest BCUT2D eigenvalue weighted by atomic mass is 32.2. The summed E-state index contributed by atoms with van der Waals surface area (Å²) in [7, 11) is 1.07. The Balaban J connectivity index is 2.07. The van der Waals surface area contributed by atoms with Crippen LogP contribution in [0, 0.1) is 17.0 Å². The van der Waals surface area contributed by atoms with Gasteiger partial charge in [-0.1, -0.05) is 17.7 Å². The van der Waals surface area contributed by atoms with E-state index in [1.165, 1.54) is 24.3 Å². The van der Waals surface area contributed by atoms with Gasteiger partial charge in [-0.3, -0.25) is 18.6 Å². The number of methoxy groups -OCH3 is 1. The molecular weight excluding hydrogens is 493 g/mol. The lowest BCUT2D eigenvalue weighted by atomic mass is 10.1. The summed E-state index contributed by atoms with van der Waals surface area (Å²) in [6.45, 7) is 1.80. The third-order valence-corrected chi connectivity index (χ3v) is 5.42. The van der Waals surface area contributed by atoms with E-state index in [0.29, 0.717) is 12.1 Å². The average Bonchev–Trinajstić information content (AvgIpc) is 2.79. The molecule has 1 unspecified atom stereocenters. The summed E-state index contributed by atoms with van der Waals surface area (Å²) >= 11 is -2.86. The standard InChI is InChI=1S/C22H17F3N2O7S/c1-13-3-5-14(6-4-13)26(35(31)32)19-9-7-15(11-17(19)21(28)33-2)34-16-8-10-20(27(29)30)18(12-16)22(23,24)25/h3-12H,1-2H3,(H,31,32)/p-1. The van der Waals surface area contributed by atoms with Gasteiger partial charge in [0.1, 0.15) is 17.1 Å². The van der Waals surface area contributed by atoms with E-state index >= 15 is 0 Å². The molecule has 0 aliphatic carbocycles. The van der Waals surface area contributed by atoms with Crippen LogP contribution >= 0.6 is 0 Å². The molecule has 13 heteroatoms. The van der Waals surface area contributed by atoms with Gasteiger partial charge in [-0.15, -0.1) is 0 Å². The molecule has 3 rings (SSSR count).